The van der Waals surface area contributed by atoms with Gasteiger partial charge in [-0.05, 0) is 36.4 Å². The number of carbonyl (C=O) groups excluding carboxylic acids is 1. The highest BCUT2D eigenvalue weighted by atomic mass is 35.5. The zero-order valence-corrected chi connectivity index (χ0v) is 12.0. The quantitative estimate of drug-likeness (QED) is 0.855. The molecule has 0 radical (unpaired) electrons. The SMILES string of the molecule is O=C(CCOc1ccc(Cl)cc1)Nc1ccc(Cl)nc1. The average molecular weight is 311 g/mol. The van der Waals surface area contributed by atoms with Crippen LogP contribution in [0.25, 0.3) is 0 Å². The molecular weight excluding hydrogens is 299 g/mol. The molecule has 1 heterocycles. The normalized spacial score (nSPS) is 10.1. The van der Waals surface area contributed by atoms with E-state index in [2.05, 4.69) is 10.3 Å². The molecule has 0 bridgehead atoms. The predicted molar refractivity (Wildman–Crippen MR) is 79.4 cm³/mol. The first-order chi connectivity index (χ1) is 9.63. The molecule has 0 unspecified atom stereocenters. The number of hydrogen-bond acceptors (Lipinski definition) is 3. The van der Waals surface area contributed by atoms with Gasteiger partial charge in [-0.1, -0.05) is 23.2 Å². The fourth-order valence-corrected chi connectivity index (χ4v) is 1.70. The third-order valence-electron chi connectivity index (χ3n) is 2.42. The number of benzene rings is 1. The Morgan fingerprint density at radius 1 is 1.15 bits per heavy atom. The van der Waals surface area contributed by atoms with E-state index >= 15 is 0 Å². The van der Waals surface area contributed by atoms with Gasteiger partial charge in [0, 0.05) is 5.02 Å². The van der Waals surface area contributed by atoms with Gasteiger partial charge in [-0.2, -0.15) is 0 Å². The highest BCUT2D eigenvalue weighted by Gasteiger charge is 2.03. The molecule has 0 atom stereocenters. The monoisotopic (exact) mass is 310 g/mol. The van der Waals surface area contributed by atoms with Crippen molar-refractivity contribution in [3.63, 3.8) is 0 Å². The number of ether oxygens (including phenoxy) is 1. The maximum Gasteiger partial charge on any atom is 0.227 e. The lowest BCUT2D eigenvalue weighted by Crippen LogP contribution is -2.15. The van der Waals surface area contributed by atoms with Crippen molar-refractivity contribution in [1.82, 2.24) is 4.98 Å². The fourth-order valence-electron chi connectivity index (χ4n) is 1.47. The summed E-state index contributed by atoms with van der Waals surface area (Å²) in [5, 5.41) is 3.73. The molecule has 0 saturated carbocycles. The van der Waals surface area contributed by atoms with Gasteiger partial charge in [0.2, 0.25) is 5.91 Å². The Bertz CT molecular complexity index is 571. The van der Waals surface area contributed by atoms with Crippen LogP contribution < -0.4 is 10.1 Å². The molecule has 0 saturated heterocycles. The first kappa shape index (κ1) is 14.6. The molecular formula is C14H12Cl2N2O2. The average Bonchev–Trinajstić information content (AvgIpc) is 2.44. The lowest BCUT2D eigenvalue weighted by Gasteiger charge is -2.07. The zero-order chi connectivity index (χ0) is 14.4. The number of pyridine rings is 1. The number of amides is 1. The van der Waals surface area contributed by atoms with E-state index in [-0.39, 0.29) is 18.9 Å². The summed E-state index contributed by atoms with van der Waals surface area (Å²) in [5.74, 6) is 0.526. The minimum absolute atomic E-state index is 0.150. The van der Waals surface area contributed by atoms with E-state index in [0.29, 0.717) is 21.6 Å². The van der Waals surface area contributed by atoms with Crippen molar-refractivity contribution in [2.75, 3.05) is 11.9 Å². The van der Waals surface area contributed by atoms with Crippen LogP contribution in [-0.2, 0) is 4.79 Å². The lowest BCUT2D eigenvalue weighted by molar-refractivity contribution is -0.116. The van der Waals surface area contributed by atoms with E-state index in [0.717, 1.165) is 0 Å². The Morgan fingerprint density at radius 2 is 1.90 bits per heavy atom. The van der Waals surface area contributed by atoms with Crippen molar-refractivity contribution in [1.29, 1.82) is 0 Å². The molecule has 0 spiro atoms. The van der Waals surface area contributed by atoms with Gasteiger partial charge in [0.15, 0.2) is 0 Å². The minimum atomic E-state index is -0.150. The van der Waals surface area contributed by atoms with Gasteiger partial charge in [-0.15, -0.1) is 0 Å². The molecule has 6 heteroatoms. The van der Waals surface area contributed by atoms with Crippen molar-refractivity contribution >= 4 is 34.8 Å². The predicted octanol–water partition coefficient (Wildman–Crippen LogP) is 3.80. The smallest absolute Gasteiger partial charge is 0.227 e. The molecule has 1 aromatic carbocycles. The molecule has 4 nitrogen and oxygen atoms in total. The standard InChI is InChI=1S/C14H12Cl2N2O2/c15-10-1-4-12(5-2-10)20-8-7-14(19)18-11-3-6-13(16)17-9-11/h1-6,9H,7-8H2,(H,18,19). The van der Waals surface area contributed by atoms with Crippen LogP contribution in [0.15, 0.2) is 42.6 Å². The summed E-state index contributed by atoms with van der Waals surface area (Å²) in [4.78, 5) is 15.5. The molecule has 2 aromatic rings. The first-order valence-electron chi connectivity index (χ1n) is 5.93. The Morgan fingerprint density at radius 3 is 2.55 bits per heavy atom. The van der Waals surface area contributed by atoms with Gasteiger partial charge in [0.1, 0.15) is 10.9 Å². The summed E-state index contributed by atoms with van der Waals surface area (Å²) in [6, 6.07) is 10.3. The third-order valence-corrected chi connectivity index (χ3v) is 2.90. The fraction of sp³-hybridized carbons (Fsp3) is 0.143. The number of nitrogens with zero attached hydrogens (tertiary/aromatic N) is 1. The van der Waals surface area contributed by atoms with Gasteiger partial charge in [0.05, 0.1) is 24.9 Å². The second-order valence-electron chi connectivity index (χ2n) is 3.97. The maximum absolute atomic E-state index is 11.7. The van der Waals surface area contributed by atoms with Crippen LogP contribution in [0.3, 0.4) is 0 Å². The lowest BCUT2D eigenvalue weighted by atomic mass is 10.3. The van der Waals surface area contributed by atoms with E-state index in [1.54, 1.807) is 36.4 Å². The molecule has 1 N–H and O–H groups in total. The second-order valence-corrected chi connectivity index (χ2v) is 4.79. The van der Waals surface area contributed by atoms with Crippen molar-refractivity contribution in [3.05, 3.63) is 52.8 Å². The summed E-state index contributed by atoms with van der Waals surface area (Å²) in [6.07, 6.45) is 1.74. The van der Waals surface area contributed by atoms with Crippen LogP contribution >= 0.6 is 23.2 Å². The topological polar surface area (TPSA) is 51.2 Å². The van der Waals surface area contributed by atoms with Crippen molar-refractivity contribution in [2.45, 2.75) is 6.42 Å². The van der Waals surface area contributed by atoms with Crippen LogP contribution in [0.2, 0.25) is 10.2 Å². The summed E-state index contributed by atoms with van der Waals surface area (Å²) >= 11 is 11.4. The van der Waals surface area contributed by atoms with E-state index in [1.165, 1.54) is 6.20 Å². The van der Waals surface area contributed by atoms with Crippen LogP contribution in [0, 0.1) is 0 Å². The molecule has 2 rings (SSSR count). The molecule has 1 aromatic heterocycles. The second kappa shape index (κ2) is 7.12. The Balaban J connectivity index is 1.75. The van der Waals surface area contributed by atoms with Crippen molar-refractivity contribution in [3.8, 4) is 5.75 Å². The maximum atomic E-state index is 11.7. The Hall–Kier alpha value is -1.78. The van der Waals surface area contributed by atoms with Crippen LogP contribution in [-0.4, -0.2) is 17.5 Å². The van der Waals surface area contributed by atoms with E-state index in [4.69, 9.17) is 27.9 Å². The van der Waals surface area contributed by atoms with Crippen LogP contribution in [0.5, 0.6) is 5.75 Å². The summed E-state index contributed by atoms with van der Waals surface area (Å²) < 4.78 is 5.43. The number of hydrogen-bond donors (Lipinski definition) is 1. The number of anilines is 1. The molecule has 0 fully saturated rings. The van der Waals surface area contributed by atoms with Crippen LogP contribution in [0.4, 0.5) is 5.69 Å². The van der Waals surface area contributed by atoms with Gasteiger partial charge in [-0.3, -0.25) is 4.79 Å². The van der Waals surface area contributed by atoms with Gasteiger partial charge < -0.3 is 10.1 Å². The summed E-state index contributed by atoms with van der Waals surface area (Å²) in [7, 11) is 0. The molecule has 0 aliphatic carbocycles. The molecule has 20 heavy (non-hydrogen) atoms. The van der Waals surface area contributed by atoms with Crippen LogP contribution in [0.1, 0.15) is 6.42 Å². The minimum Gasteiger partial charge on any atom is -0.493 e. The first-order valence-corrected chi connectivity index (χ1v) is 6.69. The third kappa shape index (κ3) is 4.72. The van der Waals surface area contributed by atoms with Crippen molar-refractivity contribution < 1.29 is 9.53 Å². The zero-order valence-electron chi connectivity index (χ0n) is 10.5. The largest absolute Gasteiger partial charge is 0.493 e. The number of nitrogens with one attached hydrogen (secondary N) is 1. The van der Waals surface area contributed by atoms with Gasteiger partial charge in [0.25, 0.3) is 0 Å². The van der Waals surface area contributed by atoms with Gasteiger partial charge in [-0.25, -0.2) is 4.98 Å². The van der Waals surface area contributed by atoms with Gasteiger partial charge >= 0.3 is 0 Å². The van der Waals surface area contributed by atoms with E-state index < -0.39 is 0 Å². The van der Waals surface area contributed by atoms with E-state index in [9.17, 15) is 4.79 Å². The molecule has 0 aliphatic heterocycles. The Labute approximate surface area is 126 Å². The number of halogens is 2. The number of carbonyl (C=O) groups is 1. The summed E-state index contributed by atoms with van der Waals surface area (Å²) in [5.41, 5.74) is 0.603. The highest BCUT2D eigenvalue weighted by Crippen LogP contribution is 2.15. The number of aromatic nitrogens is 1. The molecule has 104 valence electrons. The summed E-state index contributed by atoms with van der Waals surface area (Å²) in [6.45, 7) is 0.286. The van der Waals surface area contributed by atoms with E-state index in [1.807, 2.05) is 0 Å². The molecule has 1 amide bonds. The van der Waals surface area contributed by atoms with Crippen molar-refractivity contribution in [2.24, 2.45) is 0 Å². The molecule has 0 aliphatic rings. The Kier molecular flexibility index (Phi) is 5.21. The highest BCUT2D eigenvalue weighted by molar-refractivity contribution is 6.30. The number of rotatable bonds is 5.